The average Bonchev–Trinajstić information content (AvgIpc) is 2.52. The number of rotatable bonds is 6. The molecular weight excluding hydrogens is 330 g/mol. The molecule has 0 saturated heterocycles. The molecule has 2 aromatic rings. The molecule has 0 aliphatic carbocycles. The molecule has 2 rings (SSSR count). The van der Waals surface area contributed by atoms with E-state index in [1.807, 2.05) is 54.6 Å². The summed E-state index contributed by atoms with van der Waals surface area (Å²) in [5.74, 6) is 0.00313. The molecule has 0 heterocycles. The average molecular weight is 348 g/mol. The molecule has 0 aliphatic rings. The standard InChI is InChI=1S/C17H18BrNO2/c1-21-12-11-19(13-14-7-3-2-4-8-14)17(20)15-9-5-6-10-16(15)18/h2-10H,11-13H2,1H3. The van der Waals surface area contributed by atoms with E-state index in [1.54, 1.807) is 12.0 Å². The van der Waals surface area contributed by atoms with Crippen LogP contribution in [0.1, 0.15) is 15.9 Å². The number of halogens is 1. The van der Waals surface area contributed by atoms with Gasteiger partial charge in [-0.25, -0.2) is 0 Å². The van der Waals surface area contributed by atoms with Crippen LogP contribution in [-0.2, 0) is 11.3 Å². The summed E-state index contributed by atoms with van der Waals surface area (Å²) in [6, 6.07) is 17.5. The van der Waals surface area contributed by atoms with Crippen molar-refractivity contribution >= 4 is 21.8 Å². The van der Waals surface area contributed by atoms with Gasteiger partial charge >= 0.3 is 0 Å². The van der Waals surface area contributed by atoms with E-state index in [2.05, 4.69) is 15.9 Å². The summed E-state index contributed by atoms with van der Waals surface area (Å²) in [7, 11) is 1.64. The third-order valence-electron chi connectivity index (χ3n) is 3.17. The lowest BCUT2D eigenvalue weighted by Gasteiger charge is -2.23. The highest BCUT2D eigenvalue weighted by molar-refractivity contribution is 9.10. The zero-order chi connectivity index (χ0) is 15.1. The molecule has 0 aliphatic heterocycles. The summed E-state index contributed by atoms with van der Waals surface area (Å²) in [6.07, 6.45) is 0. The van der Waals surface area contributed by atoms with Crippen LogP contribution in [0.2, 0.25) is 0 Å². The second kappa shape index (κ2) is 7.96. The second-order valence-corrected chi connectivity index (χ2v) is 5.54. The van der Waals surface area contributed by atoms with Crippen LogP contribution in [-0.4, -0.2) is 31.1 Å². The maximum Gasteiger partial charge on any atom is 0.255 e. The molecule has 2 aromatic carbocycles. The molecule has 0 aromatic heterocycles. The van der Waals surface area contributed by atoms with Crippen LogP contribution in [0, 0.1) is 0 Å². The van der Waals surface area contributed by atoms with Crippen LogP contribution in [0.25, 0.3) is 0 Å². The van der Waals surface area contributed by atoms with Crippen LogP contribution >= 0.6 is 15.9 Å². The Balaban J connectivity index is 2.19. The van der Waals surface area contributed by atoms with Crippen molar-refractivity contribution in [3.8, 4) is 0 Å². The van der Waals surface area contributed by atoms with E-state index < -0.39 is 0 Å². The van der Waals surface area contributed by atoms with E-state index in [9.17, 15) is 4.79 Å². The first-order chi connectivity index (χ1) is 10.2. The van der Waals surface area contributed by atoms with Gasteiger partial charge < -0.3 is 9.64 Å². The number of carbonyl (C=O) groups is 1. The van der Waals surface area contributed by atoms with Crippen LogP contribution in [0.5, 0.6) is 0 Å². The Morgan fingerprint density at radius 3 is 2.43 bits per heavy atom. The van der Waals surface area contributed by atoms with Crippen LogP contribution in [0.3, 0.4) is 0 Å². The molecule has 0 atom stereocenters. The highest BCUT2D eigenvalue weighted by atomic mass is 79.9. The number of methoxy groups -OCH3 is 1. The molecule has 1 amide bonds. The Labute approximate surface area is 133 Å². The SMILES string of the molecule is COCCN(Cc1ccccc1)C(=O)c1ccccc1Br. The van der Waals surface area contributed by atoms with Gasteiger partial charge in [0, 0.05) is 24.7 Å². The monoisotopic (exact) mass is 347 g/mol. The minimum absolute atomic E-state index is 0.00313. The number of amides is 1. The molecule has 0 radical (unpaired) electrons. The smallest absolute Gasteiger partial charge is 0.255 e. The molecule has 0 N–H and O–H groups in total. The van der Waals surface area contributed by atoms with Crippen molar-refractivity contribution in [2.24, 2.45) is 0 Å². The molecule has 21 heavy (non-hydrogen) atoms. The third kappa shape index (κ3) is 4.41. The molecule has 0 bridgehead atoms. The van der Waals surface area contributed by atoms with Crippen molar-refractivity contribution < 1.29 is 9.53 Å². The minimum atomic E-state index is 0.00313. The van der Waals surface area contributed by atoms with E-state index in [0.717, 1.165) is 10.0 Å². The van der Waals surface area contributed by atoms with E-state index in [0.29, 0.717) is 25.3 Å². The van der Waals surface area contributed by atoms with Gasteiger partial charge in [0.05, 0.1) is 12.2 Å². The number of hydrogen-bond donors (Lipinski definition) is 0. The lowest BCUT2D eigenvalue weighted by molar-refractivity contribution is 0.0679. The maximum atomic E-state index is 12.7. The van der Waals surface area contributed by atoms with Crippen molar-refractivity contribution in [3.63, 3.8) is 0 Å². The Kier molecular flexibility index (Phi) is 5.96. The van der Waals surface area contributed by atoms with Gasteiger partial charge in [0.25, 0.3) is 5.91 Å². The predicted octanol–water partition coefficient (Wildman–Crippen LogP) is 3.74. The summed E-state index contributed by atoms with van der Waals surface area (Å²) >= 11 is 3.44. The number of hydrogen-bond acceptors (Lipinski definition) is 2. The zero-order valence-electron chi connectivity index (χ0n) is 12.0. The lowest BCUT2D eigenvalue weighted by Crippen LogP contribution is -2.33. The van der Waals surface area contributed by atoms with E-state index in [1.165, 1.54) is 0 Å². The fourth-order valence-corrected chi connectivity index (χ4v) is 2.52. The van der Waals surface area contributed by atoms with Gasteiger partial charge in [-0.15, -0.1) is 0 Å². The summed E-state index contributed by atoms with van der Waals surface area (Å²) in [4.78, 5) is 14.5. The quantitative estimate of drug-likeness (QED) is 0.796. The molecule has 0 unspecified atom stereocenters. The van der Waals surface area contributed by atoms with Crippen molar-refractivity contribution in [3.05, 3.63) is 70.2 Å². The van der Waals surface area contributed by atoms with Crippen molar-refractivity contribution in [1.29, 1.82) is 0 Å². The number of nitrogens with zero attached hydrogens (tertiary/aromatic N) is 1. The zero-order valence-corrected chi connectivity index (χ0v) is 13.5. The minimum Gasteiger partial charge on any atom is -0.383 e. The van der Waals surface area contributed by atoms with Crippen LogP contribution in [0.15, 0.2) is 59.1 Å². The fourth-order valence-electron chi connectivity index (χ4n) is 2.06. The van der Waals surface area contributed by atoms with Gasteiger partial charge in [-0.2, -0.15) is 0 Å². The predicted molar refractivity (Wildman–Crippen MR) is 87.2 cm³/mol. The molecule has 3 nitrogen and oxygen atoms in total. The van der Waals surface area contributed by atoms with E-state index >= 15 is 0 Å². The van der Waals surface area contributed by atoms with E-state index in [4.69, 9.17) is 4.74 Å². The number of carbonyl (C=O) groups excluding carboxylic acids is 1. The molecule has 0 fully saturated rings. The molecule has 0 saturated carbocycles. The Bertz CT molecular complexity index is 586. The van der Waals surface area contributed by atoms with Crippen molar-refractivity contribution in [2.45, 2.75) is 6.54 Å². The highest BCUT2D eigenvalue weighted by Crippen LogP contribution is 2.19. The highest BCUT2D eigenvalue weighted by Gasteiger charge is 2.17. The Morgan fingerprint density at radius 2 is 1.76 bits per heavy atom. The topological polar surface area (TPSA) is 29.5 Å². The third-order valence-corrected chi connectivity index (χ3v) is 3.86. The first-order valence-electron chi connectivity index (χ1n) is 6.79. The fraction of sp³-hybridized carbons (Fsp3) is 0.235. The van der Waals surface area contributed by atoms with Gasteiger partial charge in [0.2, 0.25) is 0 Å². The van der Waals surface area contributed by atoms with Crippen LogP contribution < -0.4 is 0 Å². The molecular formula is C17H18BrNO2. The van der Waals surface area contributed by atoms with Gasteiger partial charge in [0.15, 0.2) is 0 Å². The van der Waals surface area contributed by atoms with Crippen molar-refractivity contribution in [1.82, 2.24) is 4.90 Å². The summed E-state index contributed by atoms with van der Waals surface area (Å²) in [5.41, 5.74) is 1.78. The summed E-state index contributed by atoms with van der Waals surface area (Å²) < 4.78 is 5.93. The normalized spacial score (nSPS) is 10.4. The molecule has 4 heteroatoms. The van der Waals surface area contributed by atoms with Gasteiger partial charge in [-0.3, -0.25) is 4.79 Å². The largest absolute Gasteiger partial charge is 0.383 e. The summed E-state index contributed by atoms with van der Waals surface area (Å²) in [5, 5.41) is 0. The van der Waals surface area contributed by atoms with Gasteiger partial charge in [-0.1, -0.05) is 42.5 Å². The van der Waals surface area contributed by atoms with Gasteiger partial charge in [0.1, 0.15) is 0 Å². The second-order valence-electron chi connectivity index (χ2n) is 4.68. The lowest BCUT2D eigenvalue weighted by atomic mass is 10.1. The number of ether oxygens (including phenoxy) is 1. The Hall–Kier alpha value is -1.65. The van der Waals surface area contributed by atoms with Gasteiger partial charge in [-0.05, 0) is 33.6 Å². The van der Waals surface area contributed by atoms with Crippen molar-refractivity contribution in [2.75, 3.05) is 20.3 Å². The molecule has 0 spiro atoms. The summed E-state index contributed by atoms with van der Waals surface area (Å²) in [6.45, 7) is 1.65. The van der Waals surface area contributed by atoms with Crippen LogP contribution in [0.4, 0.5) is 0 Å². The first kappa shape index (κ1) is 15.7. The molecule has 110 valence electrons. The first-order valence-corrected chi connectivity index (χ1v) is 7.58. The maximum absolute atomic E-state index is 12.7. The van der Waals surface area contributed by atoms with E-state index in [-0.39, 0.29) is 5.91 Å². The Morgan fingerprint density at radius 1 is 1.10 bits per heavy atom. The number of benzene rings is 2.